The summed E-state index contributed by atoms with van der Waals surface area (Å²) in [6.07, 6.45) is 11.6. The van der Waals surface area contributed by atoms with Gasteiger partial charge < -0.3 is 15.1 Å². The van der Waals surface area contributed by atoms with Crippen LogP contribution in [0.4, 0.5) is 0 Å². The maximum Gasteiger partial charge on any atom is 0.222 e. The van der Waals surface area contributed by atoms with Crippen LogP contribution in [0.2, 0.25) is 0 Å². The highest BCUT2D eigenvalue weighted by Crippen LogP contribution is 2.48. The first-order valence-corrected chi connectivity index (χ1v) is 10.9. The summed E-state index contributed by atoms with van der Waals surface area (Å²) < 4.78 is 0. The third kappa shape index (κ3) is 6.03. The van der Waals surface area contributed by atoms with Gasteiger partial charge in [-0.25, -0.2) is 0 Å². The highest BCUT2D eigenvalue weighted by Gasteiger charge is 2.43. The third-order valence-electron chi connectivity index (χ3n) is 6.43. The van der Waals surface area contributed by atoms with Gasteiger partial charge in [-0.2, -0.15) is 0 Å². The zero-order valence-electron chi connectivity index (χ0n) is 17.7. The molecule has 1 aromatic carbocycles. The fraction of sp³-hybridized carbons (Fsp3) is 0.560. The lowest BCUT2D eigenvalue weighted by Gasteiger charge is -2.19. The highest BCUT2D eigenvalue weighted by atomic mass is 16.3. The molecule has 4 nitrogen and oxygen atoms in total. The summed E-state index contributed by atoms with van der Waals surface area (Å²) >= 11 is 0. The Morgan fingerprint density at radius 3 is 2.72 bits per heavy atom. The Bertz CT molecular complexity index is 725. The van der Waals surface area contributed by atoms with Crippen LogP contribution in [0.3, 0.4) is 0 Å². The molecule has 0 unspecified atom stereocenters. The van der Waals surface area contributed by atoms with Crippen molar-refractivity contribution in [1.29, 1.82) is 0 Å². The minimum atomic E-state index is -0.522. The summed E-state index contributed by atoms with van der Waals surface area (Å²) in [7, 11) is 3.61. The maximum absolute atomic E-state index is 11.7. The van der Waals surface area contributed by atoms with Crippen LogP contribution in [-0.4, -0.2) is 47.3 Å². The molecule has 2 aliphatic carbocycles. The average molecular weight is 398 g/mol. The van der Waals surface area contributed by atoms with Crippen molar-refractivity contribution in [2.45, 2.75) is 57.2 Å². The van der Waals surface area contributed by atoms with Gasteiger partial charge in [-0.05, 0) is 49.5 Å². The Hall–Kier alpha value is -1.91. The van der Waals surface area contributed by atoms with Crippen LogP contribution in [0.25, 0.3) is 0 Å². The van der Waals surface area contributed by atoms with E-state index in [0.717, 1.165) is 37.7 Å². The minimum Gasteiger partial charge on any atom is -0.392 e. The van der Waals surface area contributed by atoms with Gasteiger partial charge in [0, 0.05) is 32.9 Å². The van der Waals surface area contributed by atoms with Crippen LogP contribution < -0.4 is 0 Å². The van der Waals surface area contributed by atoms with Crippen LogP contribution in [0, 0.1) is 17.8 Å². The molecule has 1 saturated carbocycles. The van der Waals surface area contributed by atoms with E-state index in [1.165, 1.54) is 5.57 Å². The molecule has 0 aliphatic heterocycles. The lowest BCUT2D eigenvalue weighted by Crippen LogP contribution is -2.21. The molecule has 3 rings (SSSR count). The molecule has 0 radical (unpaired) electrons. The maximum atomic E-state index is 11.7. The van der Waals surface area contributed by atoms with Crippen LogP contribution >= 0.6 is 0 Å². The molecule has 1 fully saturated rings. The predicted octanol–water partition coefficient (Wildman–Crippen LogP) is 3.74. The normalized spacial score (nSPS) is 27.1. The van der Waals surface area contributed by atoms with Crippen molar-refractivity contribution in [2.75, 3.05) is 14.1 Å². The zero-order valence-corrected chi connectivity index (χ0v) is 17.7. The van der Waals surface area contributed by atoms with Gasteiger partial charge in [-0.15, -0.1) is 0 Å². The van der Waals surface area contributed by atoms with Crippen molar-refractivity contribution in [3.63, 3.8) is 0 Å². The largest absolute Gasteiger partial charge is 0.392 e. The summed E-state index contributed by atoms with van der Waals surface area (Å²) in [5.41, 5.74) is 2.60. The number of unbranched alkanes of at least 4 members (excludes halogenated alkanes) is 1. The Balaban J connectivity index is 1.46. The number of hydrogen-bond acceptors (Lipinski definition) is 3. The van der Waals surface area contributed by atoms with Gasteiger partial charge in [0.25, 0.3) is 0 Å². The molecule has 158 valence electrons. The number of hydrogen-bond donors (Lipinski definition) is 2. The first-order valence-electron chi connectivity index (χ1n) is 10.9. The standard InChI is InChI=1S/C25H35NO3/c1-26(2)25(29)11-7-6-10-19-14-20-17-24(28)22(23(20)16-19)13-12-21(27)15-18-8-4-3-5-9-18/h3-5,8-9,12-14,20-24,27-28H,6-7,10-11,15-17H2,1-2H3/t20-,21+,22+,23-,24+/m0/s1. The van der Waals surface area contributed by atoms with Gasteiger partial charge in [-0.3, -0.25) is 4.79 Å². The minimum absolute atomic E-state index is 0.120. The smallest absolute Gasteiger partial charge is 0.222 e. The van der Waals surface area contributed by atoms with E-state index in [-0.39, 0.29) is 17.9 Å². The molecule has 1 aromatic rings. The Kier molecular flexibility index (Phi) is 7.68. The molecule has 0 heterocycles. The van der Waals surface area contributed by atoms with Gasteiger partial charge in [0.2, 0.25) is 5.91 Å². The Labute approximate surface area is 174 Å². The number of fused-ring (bicyclic) bond motifs is 1. The summed E-state index contributed by atoms with van der Waals surface area (Å²) in [5, 5.41) is 20.9. The fourth-order valence-corrected chi connectivity index (χ4v) is 4.82. The van der Waals surface area contributed by atoms with E-state index in [1.54, 1.807) is 19.0 Å². The van der Waals surface area contributed by atoms with E-state index in [9.17, 15) is 15.0 Å². The monoisotopic (exact) mass is 397 g/mol. The fourth-order valence-electron chi connectivity index (χ4n) is 4.82. The van der Waals surface area contributed by atoms with E-state index in [4.69, 9.17) is 0 Å². The van der Waals surface area contributed by atoms with Crippen molar-refractivity contribution in [3.05, 3.63) is 59.7 Å². The lowest BCUT2D eigenvalue weighted by molar-refractivity contribution is -0.128. The van der Waals surface area contributed by atoms with Gasteiger partial charge >= 0.3 is 0 Å². The molecular formula is C25H35NO3. The quantitative estimate of drug-likeness (QED) is 0.493. The number of carbonyl (C=O) groups excluding carboxylic acids is 1. The first-order chi connectivity index (χ1) is 13.9. The molecule has 2 N–H and O–H groups in total. The van der Waals surface area contributed by atoms with E-state index >= 15 is 0 Å². The SMILES string of the molecule is CN(C)C(=O)CCCCC1=C[C@H]2C[C@@H](O)[C@H](C=C[C@@H](O)Cc3ccccc3)[C@H]2C1. The second-order valence-electron chi connectivity index (χ2n) is 8.87. The predicted molar refractivity (Wildman–Crippen MR) is 116 cm³/mol. The molecular weight excluding hydrogens is 362 g/mol. The molecule has 1 amide bonds. The lowest BCUT2D eigenvalue weighted by atomic mass is 9.88. The van der Waals surface area contributed by atoms with Crippen LogP contribution in [0.5, 0.6) is 0 Å². The van der Waals surface area contributed by atoms with Gasteiger partial charge in [-0.1, -0.05) is 54.1 Å². The molecule has 0 spiro atoms. The summed E-state index contributed by atoms with van der Waals surface area (Å²) in [5.74, 6) is 1.21. The van der Waals surface area contributed by atoms with Crippen molar-refractivity contribution in [3.8, 4) is 0 Å². The molecule has 0 aromatic heterocycles. The third-order valence-corrected chi connectivity index (χ3v) is 6.43. The number of aliphatic hydroxyl groups excluding tert-OH is 2. The van der Waals surface area contributed by atoms with Crippen molar-refractivity contribution in [2.24, 2.45) is 17.8 Å². The highest BCUT2D eigenvalue weighted by molar-refractivity contribution is 5.75. The Morgan fingerprint density at radius 2 is 2.00 bits per heavy atom. The average Bonchev–Trinajstić information content (AvgIpc) is 3.20. The summed E-state index contributed by atoms with van der Waals surface area (Å²) in [4.78, 5) is 13.3. The number of aliphatic hydroxyl groups is 2. The number of nitrogens with zero attached hydrogens (tertiary/aromatic N) is 1. The number of carbonyl (C=O) groups is 1. The molecule has 29 heavy (non-hydrogen) atoms. The number of benzene rings is 1. The Morgan fingerprint density at radius 1 is 1.24 bits per heavy atom. The van der Waals surface area contributed by atoms with E-state index in [2.05, 4.69) is 12.2 Å². The first kappa shape index (κ1) is 21.8. The number of amides is 1. The van der Waals surface area contributed by atoms with Crippen LogP contribution in [0.15, 0.2) is 54.1 Å². The number of allylic oxidation sites excluding steroid dienone is 2. The van der Waals surface area contributed by atoms with Gasteiger partial charge in [0.15, 0.2) is 0 Å². The molecule has 2 aliphatic rings. The number of rotatable bonds is 9. The van der Waals surface area contributed by atoms with E-state index in [0.29, 0.717) is 24.7 Å². The van der Waals surface area contributed by atoms with Gasteiger partial charge in [0.05, 0.1) is 12.2 Å². The zero-order chi connectivity index (χ0) is 20.8. The molecule has 0 bridgehead atoms. The second-order valence-corrected chi connectivity index (χ2v) is 8.87. The van der Waals surface area contributed by atoms with E-state index < -0.39 is 6.10 Å². The van der Waals surface area contributed by atoms with Crippen LogP contribution in [0.1, 0.15) is 44.1 Å². The second kappa shape index (κ2) is 10.2. The summed E-state index contributed by atoms with van der Waals surface area (Å²) in [6, 6.07) is 10.00. The molecule has 0 saturated heterocycles. The van der Waals surface area contributed by atoms with E-state index in [1.807, 2.05) is 36.4 Å². The topological polar surface area (TPSA) is 60.8 Å². The molecule has 5 atom stereocenters. The van der Waals surface area contributed by atoms with Crippen LogP contribution in [-0.2, 0) is 11.2 Å². The van der Waals surface area contributed by atoms with Crippen molar-refractivity contribution >= 4 is 5.91 Å². The van der Waals surface area contributed by atoms with Gasteiger partial charge in [0.1, 0.15) is 0 Å². The van der Waals surface area contributed by atoms with Crippen molar-refractivity contribution in [1.82, 2.24) is 4.90 Å². The van der Waals surface area contributed by atoms with Crippen molar-refractivity contribution < 1.29 is 15.0 Å². The molecule has 4 heteroatoms. The summed E-state index contributed by atoms with van der Waals surface area (Å²) in [6.45, 7) is 0.